The van der Waals surface area contributed by atoms with Crippen molar-refractivity contribution in [2.75, 3.05) is 12.0 Å². The maximum absolute atomic E-state index is 9.23. The molecule has 0 bridgehead atoms. The van der Waals surface area contributed by atoms with Crippen LogP contribution in [0.2, 0.25) is 0 Å². The first-order chi connectivity index (χ1) is 5.34. The van der Waals surface area contributed by atoms with Crippen molar-refractivity contribution in [3.05, 3.63) is 24.3 Å². The average molecular weight is 152 g/mol. The van der Waals surface area contributed by atoms with Gasteiger partial charge in [-0.15, -0.1) is 0 Å². The topological polar surface area (TPSA) is 44.3 Å². The molecule has 0 radical (unpaired) electrons. The van der Waals surface area contributed by atoms with E-state index in [9.17, 15) is 5.11 Å². The number of benzene rings is 1. The van der Waals surface area contributed by atoms with E-state index < -0.39 is 0 Å². The number of hydrogen-bond acceptors (Lipinski definition) is 3. The lowest BCUT2D eigenvalue weighted by molar-refractivity contribution is 0.476. The molecule has 3 heteroatoms. The van der Waals surface area contributed by atoms with E-state index in [0.717, 1.165) is 6.54 Å². The van der Waals surface area contributed by atoms with E-state index in [1.165, 1.54) is 0 Å². The van der Waals surface area contributed by atoms with Gasteiger partial charge in [0.05, 0.1) is 5.69 Å². The highest BCUT2D eigenvalue weighted by Gasteiger charge is 1.94. The van der Waals surface area contributed by atoms with Gasteiger partial charge in [0.1, 0.15) is 5.75 Å². The first kappa shape index (κ1) is 7.88. The number of aromatic hydroxyl groups is 1. The van der Waals surface area contributed by atoms with Crippen molar-refractivity contribution in [1.29, 1.82) is 0 Å². The van der Waals surface area contributed by atoms with Crippen LogP contribution in [0.4, 0.5) is 5.69 Å². The standard InChI is InChI=1S/C8H12N2O/c1-2-9-10-7-5-3-4-6-8(7)11/h3-6,9-11H,2H2,1H3. The van der Waals surface area contributed by atoms with Gasteiger partial charge in [-0.1, -0.05) is 19.1 Å². The van der Waals surface area contributed by atoms with Crippen molar-refractivity contribution in [1.82, 2.24) is 5.43 Å². The molecule has 0 saturated heterocycles. The number of phenols is 1. The lowest BCUT2D eigenvalue weighted by Gasteiger charge is -2.06. The quantitative estimate of drug-likeness (QED) is 0.452. The number of hydrazine groups is 1. The Labute approximate surface area is 66.0 Å². The molecule has 3 N–H and O–H groups in total. The highest BCUT2D eigenvalue weighted by atomic mass is 16.3. The summed E-state index contributed by atoms with van der Waals surface area (Å²) in [7, 11) is 0. The molecule has 0 aliphatic heterocycles. The third-order valence-corrected chi connectivity index (χ3v) is 1.30. The number of hydrogen-bond donors (Lipinski definition) is 3. The van der Waals surface area contributed by atoms with Crippen LogP contribution in [-0.4, -0.2) is 11.7 Å². The summed E-state index contributed by atoms with van der Waals surface area (Å²) in [4.78, 5) is 0. The molecule has 1 aromatic carbocycles. The minimum absolute atomic E-state index is 0.258. The maximum Gasteiger partial charge on any atom is 0.139 e. The summed E-state index contributed by atoms with van der Waals surface area (Å²) >= 11 is 0. The van der Waals surface area contributed by atoms with Crippen molar-refractivity contribution in [2.45, 2.75) is 6.92 Å². The Kier molecular flexibility index (Phi) is 2.74. The summed E-state index contributed by atoms with van der Waals surface area (Å²) in [6, 6.07) is 7.09. The van der Waals surface area contributed by atoms with Crippen LogP contribution in [0.15, 0.2) is 24.3 Å². The predicted molar refractivity (Wildman–Crippen MR) is 45.4 cm³/mol. The lowest BCUT2D eigenvalue weighted by Crippen LogP contribution is -2.20. The van der Waals surface area contributed by atoms with Gasteiger partial charge in [-0.25, -0.2) is 5.43 Å². The van der Waals surface area contributed by atoms with E-state index in [4.69, 9.17) is 0 Å². The molecular weight excluding hydrogens is 140 g/mol. The van der Waals surface area contributed by atoms with Gasteiger partial charge < -0.3 is 10.5 Å². The van der Waals surface area contributed by atoms with E-state index >= 15 is 0 Å². The van der Waals surface area contributed by atoms with Crippen LogP contribution in [0, 0.1) is 0 Å². The van der Waals surface area contributed by atoms with Crippen LogP contribution in [0.5, 0.6) is 5.75 Å². The Morgan fingerprint density at radius 3 is 2.73 bits per heavy atom. The fourth-order valence-electron chi connectivity index (χ4n) is 0.763. The molecular formula is C8H12N2O. The predicted octanol–water partition coefficient (Wildman–Crippen LogP) is 1.33. The first-order valence-corrected chi connectivity index (χ1v) is 3.61. The fraction of sp³-hybridized carbons (Fsp3) is 0.250. The van der Waals surface area contributed by atoms with Crippen molar-refractivity contribution in [3.8, 4) is 5.75 Å². The molecule has 0 spiro atoms. The number of rotatable bonds is 3. The molecule has 3 nitrogen and oxygen atoms in total. The maximum atomic E-state index is 9.23. The molecule has 0 aromatic heterocycles. The monoisotopic (exact) mass is 152 g/mol. The smallest absolute Gasteiger partial charge is 0.139 e. The summed E-state index contributed by atoms with van der Waals surface area (Å²) < 4.78 is 0. The molecule has 0 amide bonds. The molecule has 0 heterocycles. The van der Waals surface area contributed by atoms with Gasteiger partial charge in [0.2, 0.25) is 0 Å². The van der Waals surface area contributed by atoms with Crippen molar-refractivity contribution < 1.29 is 5.11 Å². The molecule has 1 aromatic rings. The summed E-state index contributed by atoms with van der Waals surface area (Å²) in [6.07, 6.45) is 0. The van der Waals surface area contributed by atoms with Crippen LogP contribution >= 0.6 is 0 Å². The van der Waals surface area contributed by atoms with Gasteiger partial charge >= 0.3 is 0 Å². The van der Waals surface area contributed by atoms with E-state index in [2.05, 4.69) is 10.9 Å². The van der Waals surface area contributed by atoms with E-state index in [0.29, 0.717) is 5.69 Å². The van der Waals surface area contributed by atoms with Gasteiger partial charge in [-0.3, -0.25) is 0 Å². The van der Waals surface area contributed by atoms with Crippen molar-refractivity contribution >= 4 is 5.69 Å². The van der Waals surface area contributed by atoms with Gasteiger partial charge in [0.25, 0.3) is 0 Å². The molecule has 0 aliphatic rings. The molecule has 1 rings (SSSR count). The normalized spacial score (nSPS) is 9.55. The minimum Gasteiger partial charge on any atom is -0.506 e. The zero-order valence-electron chi connectivity index (χ0n) is 6.46. The molecule has 11 heavy (non-hydrogen) atoms. The Bertz CT molecular complexity index is 225. The van der Waals surface area contributed by atoms with Crippen molar-refractivity contribution in [3.63, 3.8) is 0 Å². The number of nitrogens with one attached hydrogen (secondary N) is 2. The largest absolute Gasteiger partial charge is 0.506 e. The fourth-order valence-corrected chi connectivity index (χ4v) is 0.763. The minimum atomic E-state index is 0.258. The molecule has 0 aliphatic carbocycles. The SMILES string of the molecule is CCNNc1ccccc1O. The number of anilines is 1. The third kappa shape index (κ3) is 2.13. The van der Waals surface area contributed by atoms with Crippen LogP contribution in [0.1, 0.15) is 6.92 Å². The highest BCUT2D eigenvalue weighted by molar-refractivity contribution is 5.54. The third-order valence-electron chi connectivity index (χ3n) is 1.30. The molecule has 0 atom stereocenters. The van der Waals surface area contributed by atoms with Crippen LogP contribution in [0.3, 0.4) is 0 Å². The van der Waals surface area contributed by atoms with E-state index in [-0.39, 0.29) is 5.75 Å². The Morgan fingerprint density at radius 1 is 1.36 bits per heavy atom. The van der Waals surface area contributed by atoms with E-state index in [1.54, 1.807) is 18.2 Å². The Morgan fingerprint density at radius 2 is 2.09 bits per heavy atom. The zero-order valence-corrected chi connectivity index (χ0v) is 6.46. The Balaban J connectivity index is 2.62. The van der Waals surface area contributed by atoms with Gasteiger partial charge in [0, 0.05) is 6.54 Å². The lowest BCUT2D eigenvalue weighted by atomic mass is 10.3. The number of para-hydroxylation sites is 2. The first-order valence-electron chi connectivity index (χ1n) is 3.61. The molecule has 0 unspecified atom stereocenters. The second-order valence-corrected chi connectivity index (χ2v) is 2.17. The molecule has 60 valence electrons. The van der Waals surface area contributed by atoms with Gasteiger partial charge in [-0.2, -0.15) is 0 Å². The van der Waals surface area contributed by atoms with Crippen LogP contribution in [0.25, 0.3) is 0 Å². The van der Waals surface area contributed by atoms with Gasteiger partial charge in [0.15, 0.2) is 0 Å². The summed E-state index contributed by atoms with van der Waals surface area (Å²) in [6.45, 7) is 2.79. The zero-order chi connectivity index (χ0) is 8.10. The summed E-state index contributed by atoms with van der Waals surface area (Å²) in [5.74, 6) is 0.258. The van der Waals surface area contributed by atoms with Crippen LogP contribution in [-0.2, 0) is 0 Å². The van der Waals surface area contributed by atoms with Crippen molar-refractivity contribution in [2.24, 2.45) is 0 Å². The summed E-state index contributed by atoms with van der Waals surface area (Å²) in [5.41, 5.74) is 6.46. The number of phenolic OH excluding ortho intramolecular Hbond substituents is 1. The van der Waals surface area contributed by atoms with Crippen LogP contribution < -0.4 is 10.9 Å². The average Bonchev–Trinajstić information content (AvgIpc) is 2.03. The molecule has 0 saturated carbocycles. The summed E-state index contributed by atoms with van der Waals surface area (Å²) in [5, 5.41) is 9.23. The highest BCUT2D eigenvalue weighted by Crippen LogP contribution is 2.19. The Hall–Kier alpha value is -1.22. The second kappa shape index (κ2) is 3.83. The molecule has 0 fully saturated rings. The van der Waals surface area contributed by atoms with E-state index in [1.807, 2.05) is 13.0 Å². The van der Waals surface area contributed by atoms with Gasteiger partial charge in [-0.05, 0) is 12.1 Å². The second-order valence-electron chi connectivity index (χ2n) is 2.17.